The van der Waals surface area contributed by atoms with Crippen LogP contribution in [-0.2, 0) is 10.8 Å². The van der Waals surface area contributed by atoms with Crippen molar-refractivity contribution in [3.05, 3.63) is 29.3 Å². The maximum Gasteiger partial charge on any atom is 0.123 e. The second kappa shape index (κ2) is 5.54. The summed E-state index contributed by atoms with van der Waals surface area (Å²) in [6.45, 7) is 15.9. The minimum atomic E-state index is 0.0510. The van der Waals surface area contributed by atoms with Crippen LogP contribution in [-0.4, -0.2) is 12.6 Å². The van der Waals surface area contributed by atoms with Gasteiger partial charge in [0.25, 0.3) is 0 Å². The Kier molecular flexibility index (Phi) is 4.67. The summed E-state index contributed by atoms with van der Waals surface area (Å²) in [5.41, 5.74) is 8.58. The monoisotopic (exact) mass is 263 g/mol. The van der Waals surface area contributed by atoms with Gasteiger partial charge >= 0.3 is 0 Å². The van der Waals surface area contributed by atoms with Crippen molar-refractivity contribution in [3.63, 3.8) is 0 Å². The second-order valence-electron chi connectivity index (χ2n) is 7.50. The molecule has 2 N–H and O–H groups in total. The number of ether oxygens (including phenoxy) is 1. The van der Waals surface area contributed by atoms with Gasteiger partial charge < -0.3 is 10.5 Å². The van der Waals surface area contributed by atoms with E-state index in [1.165, 1.54) is 11.1 Å². The molecule has 0 aliphatic rings. The highest BCUT2D eigenvalue weighted by atomic mass is 16.5. The smallest absolute Gasteiger partial charge is 0.123 e. The van der Waals surface area contributed by atoms with Gasteiger partial charge in [-0.1, -0.05) is 53.7 Å². The van der Waals surface area contributed by atoms with E-state index in [1.807, 2.05) is 6.92 Å². The van der Waals surface area contributed by atoms with Gasteiger partial charge in [-0.05, 0) is 34.9 Å². The molecule has 0 saturated carbocycles. The lowest BCUT2D eigenvalue weighted by Crippen LogP contribution is -2.25. The molecule has 0 spiro atoms. The van der Waals surface area contributed by atoms with Gasteiger partial charge in [0.05, 0.1) is 0 Å². The number of hydrogen-bond acceptors (Lipinski definition) is 2. The summed E-state index contributed by atoms with van der Waals surface area (Å²) in [7, 11) is 0. The lowest BCUT2D eigenvalue weighted by atomic mass is 9.80. The fourth-order valence-corrected chi connectivity index (χ4v) is 1.93. The molecule has 0 radical (unpaired) electrons. The van der Waals surface area contributed by atoms with Gasteiger partial charge in [0, 0.05) is 6.04 Å². The molecule has 108 valence electrons. The maximum absolute atomic E-state index is 5.87. The molecule has 0 heterocycles. The van der Waals surface area contributed by atoms with Crippen LogP contribution in [0.1, 0.15) is 59.6 Å². The first-order chi connectivity index (χ1) is 8.51. The fraction of sp³-hybridized carbons (Fsp3) is 0.647. The van der Waals surface area contributed by atoms with Crippen LogP contribution in [0, 0.1) is 0 Å². The molecule has 1 rings (SSSR count). The molecular weight excluding hydrogens is 234 g/mol. The first kappa shape index (κ1) is 16.0. The zero-order valence-electron chi connectivity index (χ0n) is 13.5. The molecule has 0 bridgehead atoms. The predicted molar refractivity (Wildman–Crippen MR) is 83.0 cm³/mol. The summed E-state index contributed by atoms with van der Waals surface area (Å²) in [5.74, 6) is 0.956. The Morgan fingerprint density at radius 1 is 1.05 bits per heavy atom. The third-order valence-electron chi connectivity index (χ3n) is 3.16. The van der Waals surface area contributed by atoms with E-state index in [1.54, 1.807) is 0 Å². The number of nitrogens with two attached hydrogens (primary N) is 1. The average molecular weight is 263 g/mol. The van der Waals surface area contributed by atoms with Crippen molar-refractivity contribution in [3.8, 4) is 5.75 Å². The highest BCUT2D eigenvalue weighted by molar-refractivity contribution is 5.43. The van der Waals surface area contributed by atoms with Crippen LogP contribution in [0.25, 0.3) is 0 Å². The second-order valence-corrected chi connectivity index (χ2v) is 7.50. The van der Waals surface area contributed by atoms with E-state index in [0.29, 0.717) is 6.61 Å². The van der Waals surface area contributed by atoms with Crippen molar-refractivity contribution in [1.82, 2.24) is 0 Å². The van der Waals surface area contributed by atoms with Gasteiger partial charge in [-0.15, -0.1) is 0 Å². The highest BCUT2D eigenvalue weighted by Gasteiger charge is 2.23. The van der Waals surface area contributed by atoms with Crippen molar-refractivity contribution >= 4 is 0 Å². The van der Waals surface area contributed by atoms with E-state index in [-0.39, 0.29) is 16.9 Å². The molecule has 0 amide bonds. The first-order valence-corrected chi connectivity index (χ1v) is 7.05. The van der Waals surface area contributed by atoms with E-state index >= 15 is 0 Å². The summed E-state index contributed by atoms with van der Waals surface area (Å²) in [5, 5.41) is 0. The molecular formula is C17H29NO. The van der Waals surface area contributed by atoms with E-state index in [4.69, 9.17) is 10.5 Å². The molecule has 0 aromatic heterocycles. The van der Waals surface area contributed by atoms with E-state index in [9.17, 15) is 0 Å². The Balaban J connectivity index is 3.18. The lowest BCUT2D eigenvalue weighted by Gasteiger charge is -2.27. The maximum atomic E-state index is 5.87. The third-order valence-corrected chi connectivity index (χ3v) is 3.16. The van der Waals surface area contributed by atoms with Gasteiger partial charge in [-0.2, -0.15) is 0 Å². The summed E-state index contributed by atoms with van der Waals surface area (Å²) < 4.78 is 5.87. The Hall–Kier alpha value is -1.02. The molecule has 1 atom stereocenters. The molecule has 0 aliphatic heterocycles. The average Bonchev–Trinajstić information content (AvgIpc) is 2.23. The predicted octanol–water partition coefficient (Wildman–Crippen LogP) is 4.01. The molecule has 0 saturated heterocycles. The molecule has 0 unspecified atom stereocenters. The van der Waals surface area contributed by atoms with Gasteiger partial charge in [0.1, 0.15) is 12.4 Å². The van der Waals surface area contributed by atoms with E-state index < -0.39 is 0 Å². The number of benzene rings is 1. The zero-order chi connectivity index (χ0) is 14.8. The van der Waals surface area contributed by atoms with Crippen LogP contribution in [0.2, 0.25) is 0 Å². The first-order valence-electron chi connectivity index (χ1n) is 7.05. The van der Waals surface area contributed by atoms with Gasteiger partial charge in [0.15, 0.2) is 0 Å². The van der Waals surface area contributed by atoms with Crippen LogP contribution in [0.3, 0.4) is 0 Å². The Morgan fingerprint density at radius 2 is 1.63 bits per heavy atom. The van der Waals surface area contributed by atoms with Crippen LogP contribution in [0.15, 0.2) is 18.2 Å². The lowest BCUT2D eigenvalue weighted by molar-refractivity contribution is 0.288. The molecule has 19 heavy (non-hydrogen) atoms. The fourth-order valence-electron chi connectivity index (χ4n) is 1.93. The SMILES string of the molecule is C[C@@H](N)COc1ccc(C(C)(C)C)cc1C(C)(C)C. The van der Waals surface area contributed by atoms with E-state index in [2.05, 4.69) is 59.7 Å². The molecule has 2 heteroatoms. The summed E-state index contributed by atoms with van der Waals surface area (Å²) in [4.78, 5) is 0. The standard InChI is InChI=1S/C17H29NO/c1-12(18)11-19-15-9-8-13(16(2,3)4)10-14(15)17(5,6)7/h8-10,12H,11,18H2,1-7H3/t12-/m1/s1. The van der Waals surface area contributed by atoms with Gasteiger partial charge in [0.2, 0.25) is 0 Å². The van der Waals surface area contributed by atoms with E-state index in [0.717, 1.165) is 5.75 Å². The summed E-state index contributed by atoms with van der Waals surface area (Å²) >= 11 is 0. The Labute approximate surface area is 118 Å². The summed E-state index contributed by atoms with van der Waals surface area (Å²) in [6, 6.07) is 6.57. The minimum Gasteiger partial charge on any atom is -0.492 e. The topological polar surface area (TPSA) is 35.2 Å². The number of rotatable bonds is 3. The molecule has 1 aromatic rings. The van der Waals surface area contributed by atoms with Crippen LogP contribution in [0.4, 0.5) is 0 Å². The third kappa shape index (κ3) is 4.54. The Morgan fingerprint density at radius 3 is 2.05 bits per heavy atom. The van der Waals surface area contributed by atoms with Gasteiger partial charge in [-0.3, -0.25) is 0 Å². The minimum absolute atomic E-state index is 0.0510. The van der Waals surface area contributed by atoms with Crippen molar-refractivity contribution in [2.24, 2.45) is 5.73 Å². The molecule has 0 fully saturated rings. The number of hydrogen-bond donors (Lipinski definition) is 1. The van der Waals surface area contributed by atoms with Crippen molar-refractivity contribution in [2.45, 2.75) is 65.3 Å². The molecule has 0 aliphatic carbocycles. The van der Waals surface area contributed by atoms with Crippen molar-refractivity contribution < 1.29 is 4.74 Å². The van der Waals surface area contributed by atoms with Gasteiger partial charge in [-0.25, -0.2) is 0 Å². The Bertz CT molecular complexity index is 422. The quantitative estimate of drug-likeness (QED) is 0.894. The molecule has 2 nitrogen and oxygen atoms in total. The zero-order valence-corrected chi connectivity index (χ0v) is 13.5. The largest absolute Gasteiger partial charge is 0.492 e. The van der Waals surface area contributed by atoms with Crippen molar-refractivity contribution in [2.75, 3.05) is 6.61 Å². The van der Waals surface area contributed by atoms with Crippen LogP contribution in [0.5, 0.6) is 5.75 Å². The van der Waals surface area contributed by atoms with Crippen LogP contribution < -0.4 is 10.5 Å². The summed E-state index contributed by atoms with van der Waals surface area (Å²) in [6.07, 6.45) is 0. The van der Waals surface area contributed by atoms with Crippen molar-refractivity contribution in [1.29, 1.82) is 0 Å². The van der Waals surface area contributed by atoms with Crippen LogP contribution >= 0.6 is 0 Å². The highest BCUT2D eigenvalue weighted by Crippen LogP contribution is 2.35. The normalized spacial score (nSPS) is 14.3. The molecule has 1 aromatic carbocycles.